The number of amides is 1. The first-order valence-corrected chi connectivity index (χ1v) is 2.93. The lowest BCUT2D eigenvalue weighted by Gasteiger charge is -2.18. The largest absolute Gasteiger partial charge is 0.343 e. The quantitative estimate of drug-likeness (QED) is 0.500. The van der Waals surface area contributed by atoms with Crippen LogP contribution in [0.3, 0.4) is 0 Å². The van der Waals surface area contributed by atoms with E-state index in [9.17, 15) is 4.79 Å². The molecule has 8 heavy (non-hydrogen) atoms. The molecule has 0 radical (unpaired) electrons. The Morgan fingerprint density at radius 2 is 2.12 bits per heavy atom. The molecule has 0 rings (SSSR count). The van der Waals surface area contributed by atoms with Crippen LogP contribution in [0.25, 0.3) is 0 Å². The third-order valence-electron chi connectivity index (χ3n) is 1.16. The molecule has 0 bridgehead atoms. The smallest absolute Gasteiger partial charge is 0.209 e. The standard InChI is InChI=1S/C6H13NO/c1-4-7(5-8)6(2)3/h5-6H,4H2,1-3H3. The van der Waals surface area contributed by atoms with Crippen molar-refractivity contribution in [2.45, 2.75) is 26.8 Å². The molecule has 2 heteroatoms. The van der Waals surface area contributed by atoms with Gasteiger partial charge in [-0.2, -0.15) is 0 Å². The Labute approximate surface area is 50.5 Å². The van der Waals surface area contributed by atoms with Gasteiger partial charge in [0.05, 0.1) is 0 Å². The molecule has 0 aliphatic rings. The molecule has 2 nitrogen and oxygen atoms in total. The van der Waals surface area contributed by atoms with Gasteiger partial charge in [-0.3, -0.25) is 4.79 Å². The number of carbonyl (C=O) groups excluding carboxylic acids is 1. The van der Waals surface area contributed by atoms with Crippen LogP contribution in [0.15, 0.2) is 0 Å². The zero-order valence-electron chi connectivity index (χ0n) is 5.72. The fourth-order valence-electron chi connectivity index (χ4n) is 0.561. The zero-order valence-corrected chi connectivity index (χ0v) is 5.72. The van der Waals surface area contributed by atoms with Crippen molar-refractivity contribution in [3.63, 3.8) is 0 Å². The Hall–Kier alpha value is -0.530. The lowest BCUT2D eigenvalue weighted by Crippen LogP contribution is -2.28. The van der Waals surface area contributed by atoms with Crippen molar-refractivity contribution in [2.24, 2.45) is 0 Å². The minimum Gasteiger partial charge on any atom is -0.343 e. The van der Waals surface area contributed by atoms with E-state index in [0.717, 1.165) is 13.0 Å². The van der Waals surface area contributed by atoms with E-state index in [1.54, 1.807) is 4.90 Å². The summed E-state index contributed by atoms with van der Waals surface area (Å²) in [6.07, 6.45) is 0.880. The molecular weight excluding hydrogens is 102 g/mol. The van der Waals surface area contributed by atoms with Crippen molar-refractivity contribution < 1.29 is 4.79 Å². The highest BCUT2D eigenvalue weighted by Gasteiger charge is 1.99. The summed E-state index contributed by atoms with van der Waals surface area (Å²) in [6.45, 7) is 6.77. The molecule has 0 saturated carbocycles. The Kier molecular flexibility index (Phi) is 3.24. The van der Waals surface area contributed by atoms with Gasteiger partial charge >= 0.3 is 0 Å². The molecule has 0 spiro atoms. The van der Waals surface area contributed by atoms with Crippen molar-refractivity contribution in [1.29, 1.82) is 0 Å². The summed E-state index contributed by atoms with van der Waals surface area (Å²) in [4.78, 5) is 11.8. The maximum atomic E-state index is 10.1. The van der Waals surface area contributed by atoms with Crippen LogP contribution in [0.5, 0.6) is 0 Å². The Balaban J connectivity index is 3.51. The fourth-order valence-corrected chi connectivity index (χ4v) is 0.561. The van der Waals surface area contributed by atoms with Crippen LogP contribution >= 0.6 is 0 Å². The van der Waals surface area contributed by atoms with E-state index in [0.29, 0.717) is 6.04 Å². The van der Waals surface area contributed by atoms with Crippen molar-refractivity contribution in [1.82, 2.24) is 4.90 Å². The SMILES string of the molecule is CCN(C=O)C(C)C. The van der Waals surface area contributed by atoms with Gasteiger partial charge in [-0.25, -0.2) is 0 Å². The zero-order chi connectivity index (χ0) is 6.57. The molecule has 0 aliphatic heterocycles. The highest BCUT2D eigenvalue weighted by molar-refractivity contribution is 5.47. The van der Waals surface area contributed by atoms with Crippen molar-refractivity contribution in [3.8, 4) is 0 Å². The van der Waals surface area contributed by atoms with Crippen molar-refractivity contribution >= 4 is 6.41 Å². The molecule has 0 fully saturated rings. The third-order valence-corrected chi connectivity index (χ3v) is 1.16. The highest BCUT2D eigenvalue weighted by Crippen LogP contribution is 1.90. The topological polar surface area (TPSA) is 20.3 Å². The van der Waals surface area contributed by atoms with Crippen LogP contribution in [-0.2, 0) is 4.79 Å². The molecule has 0 heterocycles. The van der Waals surface area contributed by atoms with Crippen LogP contribution in [0.4, 0.5) is 0 Å². The van der Waals surface area contributed by atoms with E-state index in [4.69, 9.17) is 0 Å². The maximum absolute atomic E-state index is 10.1. The van der Waals surface area contributed by atoms with E-state index in [2.05, 4.69) is 0 Å². The van der Waals surface area contributed by atoms with Gasteiger partial charge in [-0.1, -0.05) is 0 Å². The molecular formula is C6H13NO. The lowest BCUT2D eigenvalue weighted by molar-refractivity contribution is -0.119. The van der Waals surface area contributed by atoms with Crippen LogP contribution in [0, 0.1) is 0 Å². The molecule has 0 aromatic heterocycles. The van der Waals surface area contributed by atoms with Gasteiger partial charge in [0.15, 0.2) is 0 Å². The lowest BCUT2D eigenvalue weighted by atomic mass is 10.3. The van der Waals surface area contributed by atoms with Gasteiger partial charge in [0.25, 0.3) is 0 Å². The first kappa shape index (κ1) is 7.47. The number of nitrogens with zero attached hydrogens (tertiary/aromatic N) is 1. The summed E-state index contributed by atoms with van der Waals surface area (Å²) >= 11 is 0. The predicted octanol–water partition coefficient (Wildman–Crippen LogP) is 0.873. The molecule has 0 aliphatic carbocycles. The minimum absolute atomic E-state index is 0.345. The average molecular weight is 115 g/mol. The van der Waals surface area contributed by atoms with Gasteiger partial charge in [0.2, 0.25) is 6.41 Å². The Bertz CT molecular complexity index is 70.9. The molecule has 0 atom stereocenters. The Morgan fingerprint density at radius 3 is 2.12 bits per heavy atom. The first-order chi connectivity index (χ1) is 3.72. The predicted molar refractivity (Wildman–Crippen MR) is 33.6 cm³/mol. The van der Waals surface area contributed by atoms with Crippen LogP contribution in [0.1, 0.15) is 20.8 Å². The second-order valence-electron chi connectivity index (χ2n) is 2.03. The van der Waals surface area contributed by atoms with E-state index >= 15 is 0 Å². The van der Waals surface area contributed by atoms with Crippen LogP contribution in [0.2, 0.25) is 0 Å². The summed E-state index contributed by atoms with van der Waals surface area (Å²) in [6, 6.07) is 0.345. The molecule has 0 aromatic carbocycles. The molecule has 0 saturated heterocycles. The summed E-state index contributed by atoms with van der Waals surface area (Å²) in [7, 11) is 0. The van der Waals surface area contributed by atoms with Crippen molar-refractivity contribution in [3.05, 3.63) is 0 Å². The second-order valence-corrected chi connectivity index (χ2v) is 2.03. The van der Waals surface area contributed by atoms with E-state index in [1.807, 2.05) is 20.8 Å². The van der Waals surface area contributed by atoms with Gasteiger partial charge in [-0.15, -0.1) is 0 Å². The van der Waals surface area contributed by atoms with Gasteiger partial charge in [-0.05, 0) is 20.8 Å². The highest BCUT2D eigenvalue weighted by atomic mass is 16.1. The summed E-state index contributed by atoms with van der Waals surface area (Å²) in [5, 5.41) is 0. The molecule has 48 valence electrons. The molecule has 0 N–H and O–H groups in total. The first-order valence-electron chi connectivity index (χ1n) is 2.93. The van der Waals surface area contributed by atoms with Crippen LogP contribution in [-0.4, -0.2) is 23.9 Å². The van der Waals surface area contributed by atoms with E-state index in [-0.39, 0.29) is 0 Å². The number of hydrogen-bond acceptors (Lipinski definition) is 1. The summed E-state index contributed by atoms with van der Waals surface area (Å²) in [5.74, 6) is 0. The van der Waals surface area contributed by atoms with E-state index < -0.39 is 0 Å². The van der Waals surface area contributed by atoms with Crippen LogP contribution < -0.4 is 0 Å². The summed E-state index contributed by atoms with van der Waals surface area (Å²) in [5.41, 5.74) is 0. The molecule has 1 amide bonds. The Morgan fingerprint density at radius 1 is 1.62 bits per heavy atom. The minimum atomic E-state index is 0.345. The molecule has 0 unspecified atom stereocenters. The average Bonchev–Trinajstić information content (AvgIpc) is 1.69. The van der Waals surface area contributed by atoms with Gasteiger partial charge in [0, 0.05) is 12.6 Å². The normalized spacial score (nSPS) is 9.50. The number of carbonyl (C=O) groups is 1. The maximum Gasteiger partial charge on any atom is 0.209 e. The monoisotopic (exact) mass is 115 g/mol. The summed E-state index contributed by atoms with van der Waals surface area (Å²) < 4.78 is 0. The molecule has 0 aromatic rings. The van der Waals surface area contributed by atoms with Gasteiger partial charge in [0.1, 0.15) is 0 Å². The number of rotatable bonds is 3. The third kappa shape index (κ3) is 1.96. The van der Waals surface area contributed by atoms with E-state index in [1.165, 1.54) is 0 Å². The second kappa shape index (κ2) is 3.47. The van der Waals surface area contributed by atoms with Crippen molar-refractivity contribution in [2.75, 3.05) is 6.54 Å². The number of hydrogen-bond donors (Lipinski definition) is 0. The fraction of sp³-hybridized carbons (Fsp3) is 0.833. The van der Waals surface area contributed by atoms with Gasteiger partial charge < -0.3 is 4.90 Å².